The van der Waals surface area contributed by atoms with E-state index in [1.807, 2.05) is 0 Å². The summed E-state index contributed by atoms with van der Waals surface area (Å²) >= 11 is 0. The summed E-state index contributed by atoms with van der Waals surface area (Å²) in [5, 5.41) is 0. The molecule has 102 valence electrons. The van der Waals surface area contributed by atoms with Crippen molar-refractivity contribution in [2.24, 2.45) is 5.73 Å². The third kappa shape index (κ3) is 6.85. The second kappa shape index (κ2) is 6.56. The minimum Gasteiger partial charge on any atom is -0.377 e. The van der Waals surface area contributed by atoms with Crippen LogP contribution in [0.25, 0.3) is 0 Å². The minimum atomic E-state index is -4.27. The quantitative estimate of drug-likeness (QED) is 0.740. The van der Waals surface area contributed by atoms with Crippen molar-refractivity contribution in [3.8, 4) is 0 Å². The monoisotopic (exact) mass is 255 g/mol. The molecule has 0 spiro atoms. The van der Waals surface area contributed by atoms with Gasteiger partial charge in [0.25, 0.3) is 0 Å². The van der Waals surface area contributed by atoms with Gasteiger partial charge in [-0.2, -0.15) is 13.2 Å². The first-order valence-electron chi connectivity index (χ1n) is 5.92. The summed E-state index contributed by atoms with van der Waals surface area (Å²) in [6, 6.07) is 0. The van der Waals surface area contributed by atoms with Crippen molar-refractivity contribution >= 4 is 0 Å². The molecule has 0 aromatic rings. The van der Waals surface area contributed by atoms with E-state index >= 15 is 0 Å². The molecule has 0 amide bonds. The van der Waals surface area contributed by atoms with E-state index < -0.39 is 12.8 Å². The Morgan fingerprint density at radius 2 is 1.59 bits per heavy atom. The average Bonchev–Trinajstić information content (AvgIpc) is 2.23. The fraction of sp³-hybridized carbons (Fsp3) is 1.00. The number of rotatable bonds is 6. The van der Waals surface area contributed by atoms with Gasteiger partial charge in [0.2, 0.25) is 0 Å². The summed E-state index contributed by atoms with van der Waals surface area (Å²) in [5.41, 5.74) is 5.81. The molecule has 0 aromatic carbocycles. The highest BCUT2D eigenvalue weighted by atomic mass is 19.4. The predicted octanol–water partition coefficient (Wildman–Crippen LogP) is 2.24. The zero-order chi connectivity index (χ0) is 12.8. The Labute approximate surface area is 99.4 Å². The van der Waals surface area contributed by atoms with Gasteiger partial charge in [-0.25, -0.2) is 0 Å². The maximum atomic E-state index is 11.7. The molecule has 1 saturated carbocycles. The third-order valence-corrected chi connectivity index (χ3v) is 2.88. The number of alkyl halides is 3. The van der Waals surface area contributed by atoms with Gasteiger partial charge in [-0.1, -0.05) is 19.3 Å². The summed E-state index contributed by atoms with van der Waals surface area (Å²) in [6.45, 7) is -0.697. The van der Waals surface area contributed by atoms with Gasteiger partial charge < -0.3 is 15.2 Å². The molecular weight excluding hydrogens is 235 g/mol. The molecule has 0 heterocycles. The molecule has 0 aliphatic heterocycles. The predicted molar refractivity (Wildman–Crippen MR) is 57.7 cm³/mol. The Balaban J connectivity index is 2.00. The molecule has 3 nitrogen and oxygen atoms in total. The molecule has 0 atom stereocenters. The summed E-state index contributed by atoms with van der Waals surface area (Å²) in [4.78, 5) is 0. The first kappa shape index (κ1) is 14.7. The van der Waals surface area contributed by atoms with Gasteiger partial charge in [-0.15, -0.1) is 0 Å². The summed E-state index contributed by atoms with van der Waals surface area (Å²) in [7, 11) is 0. The van der Waals surface area contributed by atoms with Crippen LogP contribution in [0.5, 0.6) is 0 Å². The van der Waals surface area contributed by atoms with Gasteiger partial charge >= 0.3 is 6.18 Å². The highest BCUT2D eigenvalue weighted by Gasteiger charge is 2.28. The Bertz CT molecular complexity index is 215. The number of ether oxygens (including phenoxy) is 2. The highest BCUT2D eigenvalue weighted by molar-refractivity contribution is 4.86. The minimum absolute atomic E-state index is 0.0460. The van der Waals surface area contributed by atoms with Crippen molar-refractivity contribution in [3.63, 3.8) is 0 Å². The number of halogens is 3. The van der Waals surface area contributed by atoms with E-state index in [-0.39, 0.29) is 18.8 Å². The molecule has 0 saturated heterocycles. The van der Waals surface area contributed by atoms with Crippen molar-refractivity contribution in [3.05, 3.63) is 0 Å². The van der Waals surface area contributed by atoms with Crippen LogP contribution in [0.4, 0.5) is 13.2 Å². The topological polar surface area (TPSA) is 44.5 Å². The first-order valence-corrected chi connectivity index (χ1v) is 5.92. The van der Waals surface area contributed by atoms with E-state index in [0.717, 1.165) is 25.7 Å². The van der Waals surface area contributed by atoms with Crippen molar-refractivity contribution in [2.75, 3.05) is 26.4 Å². The van der Waals surface area contributed by atoms with Crippen LogP contribution in [-0.2, 0) is 9.47 Å². The molecule has 6 heteroatoms. The van der Waals surface area contributed by atoms with E-state index in [9.17, 15) is 13.2 Å². The summed E-state index contributed by atoms with van der Waals surface area (Å²) in [6.07, 6.45) is 0.994. The fourth-order valence-corrected chi connectivity index (χ4v) is 1.98. The molecular formula is C11H20F3NO2. The fourth-order valence-electron chi connectivity index (χ4n) is 1.98. The second-order valence-electron chi connectivity index (χ2n) is 4.64. The van der Waals surface area contributed by atoms with Gasteiger partial charge in [-0.05, 0) is 12.8 Å². The zero-order valence-corrected chi connectivity index (χ0v) is 9.89. The Hall–Kier alpha value is -0.330. The van der Waals surface area contributed by atoms with Gasteiger partial charge in [0.1, 0.15) is 6.61 Å². The number of hydrogen-bond acceptors (Lipinski definition) is 3. The largest absolute Gasteiger partial charge is 0.411 e. The van der Waals surface area contributed by atoms with Crippen LogP contribution < -0.4 is 5.73 Å². The molecule has 1 fully saturated rings. The molecule has 17 heavy (non-hydrogen) atoms. The van der Waals surface area contributed by atoms with E-state index in [1.165, 1.54) is 6.42 Å². The van der Waals surface area contributed by atoms with E-state index in [0.29, 0.717) is 6.61 Å². The Kier molecular flexibility index (Phi) is 5.69. The summed E-state index contributed by atoms with van der Waals surface area (Å²) in [5.74, 6) is 0. The van der Waals surface area contributed by atoms with E-state index in [1.54, 1.807) is 0 Å². The van der Waals surface area contributed by atoms with Crippen molar-refractivity contribution in [2.45, 2.75) is 43.8 Å². The van der Waals surface area contributed by atoms with Crippen molar-refractivity contribution in [1.29, 1.82) is 0 Å². The van der Waals surface area contributed by atoms with E-state index in [2.05, 4.69) is 4.74 Å². The lowest BCUT2D eigenvalue weighted by atomic mass is 9.83. The lowest BCUT2D eigenvalue weighted by Gasteiger charge is -2.32. The Morgan fingerprint density at radius 3 is 2.18 bits per heavy atom. The zero-order valence-electron chi connectivity index (χ0n) is 9.89. The lowest BCUT2D eigenvalue weighted by Crippen LogP contribution is -2.46. The van der Waals surface area contributed by atoms with Crippen LogP contribution in [0.15, 0.2) is 0 Å². The van der Waals surface area contributed by atoms with Crippen LogP contribution in [0, 0.1) is 0 Å². The molecule has 0 bridgehead atoms. The smallest absolute Gasteiger partial charge is 0.377 e. The number of nitrogens with two attached hydrogens (primary N) is 1. The Morgan fingerprint density at radius 1 is 1.00 bits per heavy atom. The average molecular weight is 255 g/mol. The van der Waals surface area contributed by atoms with Crippen LogP contribution >= 0.6 is 0 Å². The maximum absolute atomic E-state index is 11.7. The maximum Gasteiger partial charge on any atom is 0.411 e. The van der Waals surface area contributed by atoms with Gasteiger partial charge in [0, 0.05) is 5.54 Å². The number of hydrogen-bond donors (Lipinski definition) is 1. The molecule has 0 radical (unpaired) electrons. The van der Waals surface area contributed by atoms with Crippen LogP contribution in [-0.4, -0.2) is 38.1 Å². The SMILES string of the molecule is NC1(COCCOCC(F)(F)F)CCCCC1. The molecule has 1 rings (SSSR count). The van der Waals surface area contributed by atoms with Crippen LogP contribution in [0.1, 0.15) is 32.1 Å². The molecule has 0 unspecified atom stereocenters. The summed E-state index contributed by atoms with van der Waals surface area (Å²) < 4.78 is 44.9. The van der Waals surface area contributed by atoms with Gasteiger partial charge in [-0.3, -0.25) is 0 Å². The molecule has 0 aromatic heterocycles. The third-order valence-electron chi connectivity index (χ3n) is 2.88. The van der Waals surface area contributed by atoms with Crippen molar-refractivity contribution in [1.82, 2.24) is 0 Å². The van der Waals surface area contributed by atoms with E-state index in [4.69, 9.17) is 10.5 Å². The molecule has 1 aliphatic rings. The highest BCUT2D eigenvalue weighted by Crippen LogP contribution is 2.25. The van der Waals surface area contributed by atoms with Crippen molar-refractivity contribution < 1.29 is 22.6 Å². The van der Waals surface area contributed by atoms with Crippen LogP contribution in [0.2, 0.25) is 0 Å². The van der Waals surface area contributed by atoms with Gasteiger partial charge in [0.15, 0.2) is 0 Å². The standard InChI is InChI=1S/C11H20F3NO2/c12-11(13,14)9-17-7-6-16-8-10(15)4-2-1-3-5-10/h1-9,15H2. The first-order chi connectivity index (χ1) is 7.91. The second-order valence-corrected chi connectivity index (χ2v) is 4.64. The normalized spacial score (nSPS) is 20.5. The van der Waals surface area contributed by atoms with Gasteiger partial charge in [0.05, 0.1) is 19.8 Å². The lowest BCUT2D eigenvalue weighted by molar-refractivity contribution is -0.176. The molecule has 1 aliphatic carbocycles. The molecule has 2 N–H and O–H groups in total. The van der Waals surface area contributed by atoms with Crippen LogP contribution in [0.3, 0.4) is 0 Å².